The van der Waals surface area contributed by atoms with Gasteiger partial charge in [-0.25, -0.2) is 0 Å². The molecule has 0 atom stereocenters. The molecule has 0 unspecified atom stereocenters. The predicted molar refractivity (Wildman–Crippen MR) is 493 cm³/mol. The quantitative estimate of drug-likeness (QED) is 0.0233. The van der Waals surface area contributed by atoms with E-state index in [1.54, 1.807) is 0 Å². The maximum Gasteiger partial charge on any atom is 0.226 e. The number of rotatable bonds is 102. The van der Waals surface area contributed by atoms with Gasteiger partial charge in [0.2, 0.25) is 17.7 Å². The number of unbranched alkanes of at least 4 members (excludes halogenated alkanes) is 4. The van der Waals surface area contributed by atoms with Crippen LogP contribution in [0, 0.1) is 0 Å². The fraction of sp³-hybridized carbons (Fsp3) is 0.774. The summed E-state index contributed by atoms with van der Waals surface area (Å²) in [6.45, 7) is 30.0. The lowest BCUT2D eigenvalue weighted by molar-refractivity contribution is -0.126. The van der Waals surface area contributed by atoms with Crippen molar-refractivity contribution in [2.45, 2.75) is 90.0 Å². The van der Waals surface area contributed by atoms with E-state index >= 15 is 0 Å². The number of hydrogen-bond acceptors (Lipinski definition) is 33. The second-order valence-corrected chi connectivity index (χ2v) is 29.7. The zero-order valence-corrected chi connectivity index (χ0v) is 78.8. The van der Waals surface area contributed by atoms with Crippen molar-refractivity contribution in [2.24, 2.45) is 10.2 Å². The molecule has 0 aliphatic heterocycles. The summed E-state index contributed by atoms with van der Waals surface area (Å²) in [6.07, 6.45) is 10.5. The van der Waals surface area contributed by atoms with Gasteiger partial charge in [0.15, 0.2) is 0 Å². The summed E-state index contributed by atoms with van der Waals surface area (Å²) < 4.78 is 144. The van der Waals surface area contributed by atoms with Gasteiger partial charge in [-0.05, 0) is 118 Å². The molecule has 3 aromatic carbocycles. The lowest BCUT2D eigenvalue weighted by Crippen LogP contribution is -2.37. The number of halogens is 1. The lowest BCUT2D eigenvalue weighted by Gasteiger charge is -2.28. The molecule has 4 rings (SSSR count). The average Bonchev–Trinajstić information content (AvgIpc) is 1.68. The number of carbonyl (C=O) groups excluding carboxylic acids is 3. The molecule has 3 aromatic rings. The molecular weight excluding hydrogens is 1710 g/mol. The minimum atomic E-state index is -0.206. The summed E-state index contributed by atoms with van der Waals surface area (Å²) in [7, 11) is 0. The molecule has 0 heterocycles. The minimum Gasteiger partial charge on any atom is -0.385 e. The first kappa shape index (κ1) is 117. The molecule has 0 fully saturated rings. The van der Waals surface area contributed by atoms with Crippen LogP contribution in [-0.4, -0.2) is 411 Å². The Balaban J connectivity index is 0.708. The SMILES string of the molecule is CCCN(CCCCNc1ccc(N=Nc2ccc(NC(=O)CCOCCOCCOCCOCCOCCOCCOCCOCCOCCOCCOCCOCCOCCOCCOCCOCCOCCOCCOCCOCCOCCOCCOCCOCCNC(=O)CCC(=O)NCCOCCOCCCCCCCl)cc2)cc1)C1Cc2ccccc2C1. The Morgan fingerprint density at radius 2 is 0.554 bits per heavy atom. The van der Waals surface area contributed by atoms with Crippen molar-refractivity contribution < 1.29 is 138 Å². The second kappa shape index (κ2) is 92.7. The van der Waals surface area contributed by atoms with Crippen LogP contribution in [0.5, 0.6) is 0 Å². The van der Waals surface area contributed by atoms with Crippen LogP contribution in [0.4, 0.5) is 22.7 Å². The fourth-order valence-electron chi connectivity index (χ4n) is 12.1. The topological polar surface area (TPSA) is 367 Å². The standard InChI is InChI=1S/C93H160ClN7O29/c1-2-28-101(90-82-84-11-5-6-12-85(84)83-90)29-9-8-25-95-86-13-17-88(18-14-86)99-100-89-19-15-87(16-20-89)98-93(104)23-31-106-35-38-109-40-42-111-44-46-113-48-50-115-52-54-117-56-58-119-60-62-121-64-66-123-68-70-125-72-74-127-76-78-129-80-81-130-79-77-128-75-73-126-71-69-124-67-65-122-63-61-120-59-57-118-55-53-116-51-49-114-47-45-112-43-41-110-39-37-108-33-27-97-92(103)22-21-91(102)96-26-32-107-36-34-105-30-10-4-3-7-24-94/h5-6,11-20,90,95H,2-4,7-10,21-83H2,1H3,(H,96,102)(H,97,103)(H,98,104). The molecule has 4 N–H and O–H groups in total. The summed E-state index contributed by atoms with van der Waals surface area (Å²) in [5.74, 6) is 0.165. The molecule has 0 saturated carbocycles. The Morgan fingerprint density at radius 1 is 0.285 bits per heavy atom. The van der Waals surface area contributed by atoms with E-state index in [4.69, 9.17) is 135 Å². The summed E-state index contributed by atoms with van der Waals surface area (Å²) in [5, 5.41) is 20.7. The molecule has 1 aliphatic carbocycles. The Kier molecular flexibility index (Phi) is 83.5. The minimum absolute atomic E-state index is 0.104. The molecule has 1 aliphatic rings. The van der Waals surface area contributed by atoms with Crippen LogP contribution < -0.4 is 21.3 Å². The van der Waals surface area contributed by atoms with Crippen molar-refractivity contribution in [3.63, 3.8) is 0 Å². The highest BCUT2D eigenvalue weighted by molar-refractivity contribution is 6.17. The smallest absolute Gasteiger partial charge is 0.226 e. The molecule has 37 heteroatoms. The maximum atomic E-state index is 12.5. The van der Waals surface area contributed by atoms with Crippen molar-refractivity contribution in [2.75, 3.05) is 393 Å². The van der Waals surface area contributed by atoms with Gasteiger partial charge in [0.25, 0.3) is 0 Å². The first-order valence-electron chi connectivity index (χ1n) is 47.0. The van der Waals surface area contributed by atoms with Crippen molar-refractivity contribution in [1.29, 1.82) is 0 Å². The number of carbonyl (C=O) groups is 3. The van der Waals surface area contributed by atoms with Gasteiger partial charge in [-0.15, -0.1) is 11.6 Å². The number of nitrogens with one attached hydrogen (secondary N) is 4. The van der Waals surface area contributed by atoms with Gasteiger partial charge in [0.1, 0.15) is 0 Å². The average molecular weight is 1880 g/mol. The molecule has 36 nitrogen and oxygen atoms in total. The van der Waals surface area contributed by atoms with Gasteiger partial charge in [-0.1, -0.05) is 44.0 Å². The van der Waals surface area contributed by atoms with Crippen LogP contribution in [0.15, 0.2) is 83.0 Å². The van der Waals surface area contributed by atoms with Gasteiger partial charge in [0.05, 0.1) is 355 Å². The highest BCUT2D eigenvalue weighted by atomic mass is 35.5. The van der Waals surface area contributed by atoms with Gasteiger partial charge in [-0.3, -0.25) is 19.3 Å². The number of amides is 3. The van der Waals surface area contributed by atoms with Gasteiger partial charge >= 0.3 is 0 Å². The summed E-state index contributed by atoms with van der Waals surface area (Å²) in [4.78, 5) is 39.2. The molecule has 0 aromatic heterocycles. The van der Waals surface area contributed by atoms with Crippen LogP contribution in [-0.2, 0) is 150 Å². The van der Waals surface area contributed by atoms with Gasteiger partial charge < -0.3 is 144 Å². The van der Waals surface area contributed by atoms with E-state index in [9.17, 15) is 14.4 Å². The largest absolute Gasteiger partial charge is 0.385 e. The first-order valence-corrected chi connectivity index (χ1v) is 47.5. The van der Waals surface area contributed by atoms with E-state index in [0.29, 0.717) is 373 Å². The van der Waals surface area contributed by atoms with Crippen LogP contribution in [0.3, 0.4) is 0 Å². The zero-order valence-electron chi connectivity index (χ0n) is 78.1. The number of alkyl halides is 1. The molecule has 130 heavy (non-hydrogen) atoms. The van der Waals surface area contributed by atoms with Crippen molar-refractivity contribution in [1.82, 2.24) is 15.5 Å². The van der Waals surface area contributed by atoms with Crippen LogP contribution in [0.25, 0.3) is 0 Å². The number of benzene rings is 3. The number of anilines is 2. The van der Waals surface area contributed by atoms with Crippen molar-refractivity contribution >= 4 is 52.1 Å². The Bertz CT molecular complexity index is 2970. The number of hydrogen-bond donors (Lipinski definition) is 4. The molecule has 0 spiro atoms. The van der Waals surface area contributed by atoms with E-state index in [1.165, 1.54) is 36.8 Å². The first-order chi connectivity index (χ1) is 64.4. The predicted octanol–water partition coefficient (Wildman–Crippen LogP) is 8.75. The third kappa shape index (κ3) is 75.9. The molecule has 3 amide bonds. The Morgan fingerprint density at radius 3 is 0.846 bits per heavy atom. The van der Waals surface area contributed by atoms with E-state index in [1.807, 2.05) is 48.5 Å². The summed E-state index contributed by atoms with van der Waals surface area (Å²) in [5.41, 5.74) is 6.24. The highest BCUT2D eigenvalue weighted by Crippen LogP contribution is 2.27. The van der Waals surface area contributed by atoms with E-state index in [0.717, 1.165) is 63.1 Å². The van der Waals surface area contributed by atoms with Crippen molar-refractivity contribution in [3.8, 4) is 0 Å². The normalized spacial score (nSPS) is 12.2. The molecule has 0 radical (unpaired) electrons. The van der Waals surface area contributed by atoms with Crippen LogP contribution in [0.2, 0.25) is 0 Å². The highest BCUT2D eigenvalue weighted by Gasteiger charge is 2.26. The van der Waals surface area contributed by atoms with Crippen molar-refractivity contribution in [3.05, 3.63) is 83.9 Å². The van der Waals surface area contributed by atoms with Gasteiger partial charge in [-0.2, -0.15) is 10.2 Å². The Labute approximate surface area is 778 Å². The molecule has 748 valence electrons. The van der Waals surface area contributed by atoms with Crippen LogP contribution >= 0.6 is 11.6 Å². The molecular formula is C93H160ClN7O29. The van der Waals surface area contributed by atoms with E-state index < -0.39 is 0 Å². The number of ether oxygens (including phenoxy) is 26. The molecule has 0 bridgehead atoms. The third-order valence-electron chi connectivity index (χ3n) is 18.8. The van der Waals surface area contributed by atoms with Gasteiger partial charge in [0, 0.05) is 62.4 Å². The van der Waals surface area contributed by atoms with E-state index in [2.05, 4.69) is 67.6 Å². The fourth-order valence-corrected chi connectivity index (χ4v) is 12.2. The second-order valence-electron chi connectivity index (χ2n) is 29.3. The third-order valence-corrected chi connectivity index (χ3v) is 19.1. The van der Waals surface area contributed by atoms with Crippen LogP contribution in [0.1, 0.15) is 82.3 Å². The number of fused-ring (bicyclic) bond motifs is 1. The number of nitrogens with zero attached hydrogens (tertiary/aromatic N) is 3. The summed E-state index contributed by atoms with van der Waals surface area (Å²) >= 11 is 5.67. The Hall–Kier alpha value is -5.32. The zero-order chi connectivity index (χ0) is 92.0. The maximum absolute atomic E-state index is 12.5. The summed E-state index contributed by atoms with van der Waals surface area (Å²) in [6, 6.07) is 24.8. The lowest BCUT2D eigenvalue weighted by atomic mass is 10.1. The number of azo groups is 1. The monoisotopic (exact) mass is 1870 g/mol. The van der Waals surface area contributed by atoms with E-state index in [-0.39, 0.29) is 43.6 Å². The molecule has 0 saturated heterocycles.